The molecule has 0 aromatic heterocycles. The van der Waals surface area contributed by atoms with Gasteiger partial charge in [-0.05, 0) is 44.4 Å². The number of aliphatic hydroxyl groups excluding tert-OH is 1. The second-order valence-corrected chi connectivity index (χ2v) is 5.88. The lowest BCUT2D eigenvalue weighted by atomic mass is 10.00. The molecule has 0 spiro atoms. The van der Waals surface area contributed by atoms with Crippen molar-refractivity contribution in [3.05, 3.63) is 0 Å². The summed E-state index contributed by atoms with van der Waals surface area (Å²) in [6, 6.07) is 0.538. The first-order valence-corrected chi connectivity index (χ1v) is 7.25. The van der Waals surface area contributed by atoms with Crippen LogP contribution in [0.5, 0.6) is 0 Å². The highest BCUT2D eigenvalue weighted by Gasteiger charge is 2.23. The summed E-state index contributed by atoms with van der Waals surface area (Å²) in [6.07, 6.45) is 7.73. The Morgan fingerprint density at radius 3 is 2.59 bits per heavy atom. The van der Waals surface area contributed by atoms with Gasteiger partial charge in [-0.1, -0.05) is 12.8 Å². The Morgan fingerprint density at radius 2 is 1.94 bits per heavy atom. The summed E-state index contributed by atoms with van der Waals surface area (Å²) < 4.78 is 5.49. The molecule has 17 heavy (non-hydrogen) atoms. The van der Waals surface area contributed by atoms with Crippen LogP contribution in [0.25, 0.3) is 0 Å². The van der Waals surface area contributed by atoms with Crippen molar-refractivity contribution in [3.63, 3.8) is 0 Å². The van der Waals surface area contributed by atoms with Crippen molar-refractivity contribution in [1.82, 2.24) is 5.32 Å². The van der Waals surface area contributed by atoms with Gasteiger partial charge in [-0.15, -0.1) is 0 Å². The molecule has 100 valence electrons. The molecule has 2 atom stereocenters. The lowest BCUT2D eigenvalue weighted by Gasteiger charge is -2.22. The van der Waals surface area contributed by atoms with Gasteiger partial charge in [-0.25, -0.2) is 0 Å². The molecule has 2 aliphatic rings. The van der Waals surface area contributed by atoms with Crippen LogP contribution in [0.2, 0.25) is 0 Å². The van der Waals surface area contributed by atoms with Crippen molar-refractivity contribution in [2.75, 3.05) is 19.8 Å². The van der Waals surface area contributed by atoms with E-state index in [1.165, 1.54) is 38.5 Å². The van der Waals surface area contributed by atoms with Crippen LogP contribution in [0.4, 0.5) is 0 Å². The first-order valence-electron chi connectivity index (χ1n) is 7.25. The van der Waals surface area contributed by atoms with Crippen LogP contribution in [0, 0.1) is 11.8 Å². The van der Waals surface area contributed by atoms with E-state index in [4.69, 9.17) is 4.74 Å². The molecule has 0 saturated heterocycles. The van der Waals surface area contributed by atoms with Crippen LogP contribution in [-0.4, -0.2) is 37.0 Å². The minimum Gasteiger partial charge on any atom is -0.389 e. The second-order valence-electron chi connectivity index (χ2n) is 5.88. The Morgan fingerprint density at radius 1 is 1.24 bits per heavy atom. The Hall–Kier alpha value is -0.120. The van der Waals surface area contributed by atoms with E-state index in [-0.39, 0.29) is 6.10 Å². The number of aliphatic hydroxyl groups is 1. The van der Waals surface area contributed by atoms with Crippen molar-refractivity contribution in [1.29, 1.82) is 0 Å². The largest absolute Gasteiger partial charge is 0.389 e. The molecule has 0 heterocycles. The normalized spacial score (nSPS) is 25.1. The summed E-state index contributed by atoms with van der Waals surface area (Å²) in [5.74, 6) is 1.60. The monoisotopic (exact) mass is 241 g/mol. The lowest BCUT2D eigenvalue weighted by Crippen LogP contribution is -2.39. The molecule has 0 bridgehead atoms. The highest BCUT2D eigenvalue weighted by molar-refractivity contribution is 4.78. The summed E-state index contributed by atoms with van der Waals surface area (Å²) in [5.41, 5.74) is 0. The maximum atomic E-state index is 9.79. The molecule has 2 aliphatic carbocycles. The zero-order valence-electron chi connectivity index (χ0n) is 11.0. The van der Waals surface area contributed by atoms with E-state index in [1.807, 2.05) is 0 Å². The van der Waals surface area contributed by atoms with E-state index in [0.29, 0.717) is 19.2 Å². The first kappa shape index (κ1) is 13.3. The van der Waals surface area contributed by atoms with Crippen molar-refractivity contribution >= 4 is 0 Å². The number of hydrogen-bond acceptors (Lipinski definition) is 3. The highest BCUT2D eigenvalue weighted by atomic mass is 16.5. The highest BCUT2D eigenvalue weighted by Crippen LogP contribution is 2.29. The van der Waals surface area contributed by atoms with Crippen LogP contribution >= 0.6 is 0 Å². The predicted molar refractivity (Wildman–Crippen MR) is 69.0 cm³/mol. The molecule has 0 aromatic carbocycles. The number of nitrogens with one attached hydrogen (secondary N) is 1. The Bertz CT molecular complexity index is 212. The van der Waals surface area contributed by atoms with Crippen LogP contribution in [0.3, 0.4) is 0 Å². The van der Waals surface area contributed by atoms with Gasteiger partial charge in [0.15, 0.2) is 0 Å². The fourth-order valence-corrected chi connectivity index (χ4v) is 2.66. The van der Waals surface area contributed by atoms with Gasteiger partial charge in [0.2, 0.25) is 0 Å². The topological polar surface area (TPSA) is 41.5 Å². The van der Waals surface area contributed by atoms with Gasteiger partial charge in [-0.2, -0.15) is 0 Å². The smallest absolute Gasteiger partial charge is 0.0897 e. The summed E-state index contributed by atoms with van der Waals surface area (Å²) in [7, 11) is 0. The van der Waals surface area contributed by atoms with E-state index in [9.17, 15) is 5.11 Å². The molecule has 2 saturated carbocycles. The Labute approximate surface area is 105 Å². The molecule has 2 rings (SSSR count). The second kappa shape index (κ2) is 6.72. The standard InChI is InChI=1S/C14H27NO2/c1-11(13-4-2-3-5-13)15-8-14(16)10-17-9-12-6-7-12/h11-16H,2-10H2,1H3/t11-,14?/m0/s1. The molecule has 2 N–H and O–H groups in total. The molecule has 0 radical (unpaired) electrons. The molecule has 0 amide bonds. The fraction of sp³-hybridized carbons (Fsp3) is 1.00. The predicted octanol–water partition coefficient (Wildman–Crippen LogP) is 1.94. The van der Waals surface area contributed by atoms with Crippen LogP contribution < -0.4 is 5.32 Å². The van der Waals surface area contributed by atoms with Gasteiger partial charge >= 0.3 is 0 Å². The lowest BCUT2D eigenvalue weighted by molar-refractivity contribution is 0.0306. The summed E-state index contributed by atoms with van der Waals surface area (Å²) >= 11 is 0. The minimum absolute atomic E-state index is 0.349. The SMILES string of the molecule is C[C@H](NCC(O)COCC1CC1)C1CCCC1. The van der Waals surface area contributed by atoms with E-state index >= 15 is 0 Å². The average molecular weight is 241 g/mol. The molecule has 2 fully saturated rings. The third-order valence-electron chi connectivity index (χ3n) is 4.14. The molecular formula is C14H27NO2. The van der Waals surface area contributed by atoms with E-state index in [1.54, 1.807) is 0 Å². The fourth-order valence-electron chi connectivity index (χ4n) is 2.66. The van der Waals surface area contributed by atoms with Gasteiger partial charge in [0.25, 0.3) is 0 Å². The van der Waals surface area contributed by atoms with Gasteiger partial charge < -0.3 is 15.2 Å². The van der Waals surface area contributed by atoms with Crippen LogP contribution in [-0.2, 0) is 4.74 Å². The quantitative estimate of drug-likeness (QED) is 0.682. The van der Waals surface area contributed by atoms with Gasteiger partial charge in [0, 0.05) is 19.2 Å². The summed E-state index contributed by atoms with van der Waals surface area (Å²) in [5, 5.41) is 13.2. The van der Waals surface area contributed by atoms with Crippen LogP contribution in [0.1, 0.15) is 45.4 Å². The van der Waals surface area contributed by atoms with E-state index in [0.717, 1.165) is 18.4 Å². The Balaban J connectivity index is 1.50. The molecule has 3 nitrogen and oxygen atoms in total. The average Bonchev–Trinajstić information content (AvgIpc) is 2.97. The van der Waals surface area contributed by atoms with Crippen molar-refractivity contribution < 1.29 is 9.84 Å². The zero-order chi connectivity index (χ0) is 12.1. The minimum atomic E-state index is -0.349. The first-order chi connectivity index (χ1) is 8.25. The number of rotatable bonds is 8. The van der Waals surface area contributed by atoms with E-state index in [2.05, 4.69) is 12.2 Å². The van der Waals surface area contributed by atoms with Crippen molar-refractivity contribution in [3.8, 4) is 0 Å². The maximum Gasteiger partial charge on any atom is 0.0897 e. The van der Waals surface area contributed by atoms with Gasteiger partial charge in [0.1, 0.15) is 0 Å². The third-order valence-corrected chi connectivity index (χ3v) is 4.14. The molecule has 1 unspecified atom stereocenters. The van der Waals surface area contributed by atoms with Crippen LogP contribution in [0.15, 0.2) is 0 Å². The third kappa shape index (κ3) is 4.94. The zero-order valence-corrected chi connectivity index (χ0v) is 11.0. The number of hydrogen-bond donors (Lipinski definition) is 2. The molecule has 0 aliphatic heterocycles. The van der Waals surface area contributed by atoms with Gasteiger partial charge in [0.05, 0.1) is 12.7 Å². The maximum absolute atomic E-state index is 9.79. The summed E-state index contributed by atoms with van der Waals surface area (Å²) in [6.45, 7) is 4.24. The van der Waals surface area contributed by atoms with Crippen molar-refractivity contribution in [2.24, 2.45) is 11.8 Å². The molecule has 0 aromatic rings. The van der Waals surface area contributed by atoms with Gasteiger partial charge in [-0.3, -0.25) is 0 Å². The van der Waals surface area contributed by atoms with E-state index < -0.39 is 0 Å². The molecule has 3 heteroatoms. The summed E-state index contributed by atoms with van der Waals surface area (Å²) in [4.78, 5) is 0. The Kier molecular flexibility index (Phi) is 5.26. The van der Waals surface area contributed by atoms with Crippen molar-refractivity contribution in [2.45, 2.75) is 57.6 Å². The molecular weight excluding hydrogens is 214 g/mol. The number of ether oxygens (including phenoxy) is 1.